The van der Waals surface area contributed by atoms with Gasteiger partial charge in [0.1, 0.15) is 11.7 Å². The molecule has 1 N–H and O–H groups in total. The van der Waals surface area contributed by atoms with E-state index in [4.69, 9.17) is 0 Å². The van der Waals surface area contributed by atoms with Gasteiger partial charge >= 0.3 is 0 Å². The molecule has 0 saturated heterocycles. The van der Waals surface area contributed by atoms with Crippen molar-refractivity contribution in [2.24, 2.45) is 0 Å². The zero-order chi connectivity index (χ0) is 14.0. The second-order valence-electron chi connectivity index (χ2n) is 4.13. The predicted molar refractivity (Wildman–Crippen MR) is 73.9 cm³/mol. The first kappa shape index (κ1) is 13.2. The molecule has 0 amide bonds. The van der Waals surface area contributed by atoms with Crippen LogP contribution in [0.5, 0.6) is 0 Å². The molecule has 0 saturated carbocycles. The topological polar surface area (TPSA) is 28.7 Å². The van der Waals surface area contributed by atoms with Crippen LogP contribution >= 0.6 is 0 Å². The first-order chi connectivity index (χ1) is 9.08. The lowest BCUT2D eigenvalue weighted by atomic mass is 10.1. The van der Waals surface area contributed by atoms with Crippen molar-refractivity contribution in [1.29, 1.82) is 0 Å². The van der Waals surface area contributed by atoms with E-state index >= 15 is 0 Å². The van der Waals surface area contributed by atoms with Gasteiger partial charge in [0.05, 0.1) is 22.3 Å². The SMILES string of the molecule is C=C/C(F)=C(\C(F)=C/C)c1ccc2[nH]cc(C)c2n1. The number of nitrogens with zero attached hydrogens (tertiary/aromatic N) is 1. The maximum Gasteiger partial charge on any atom is 0.134 e. The highest BCUT2D eigenvalue weighted by atomic mass is 19.1. The summed E-state index contributed by atoms with van der Waals surface area (Å²) in [6.45, 7) is 6.72. The summed E-state index contributed by atoms with van der Waals surface area (Å²) in [5, 5.41) is 0. The Bertz CT molecular complexity index is 693. The molecule has 2 aromatic rings. The summed E-state index contributed by atoms with van der Waals surface area (Å²) in [7, 11) is 0. The van der Waals surface area contributed by atoms with Crippen LogP contribution in [0.1, 0.15) is 18.2 Å². The Morgan fingerprint density at radius 2 is 2.11 bits per heavy atom. The number of allylic oxidation sites excluding steroid dienone is 5. The number of pyridine rings is 1. The highest BCUT2D eigenvalue weighted by Crippen LogP contribution is 2.29. The first-order valence-corrected chi connectivity index (χ1v) is 5.88. The number of hydrogen-bond donors (Lipinski definition) is 1. The van der Waals surface area contributed by atoms with Gasteiger partial charge in [0.2, 0.25) is 0 Å². The van der Waals surface area contributed by atoms with Gasteiger partial charge in [-0.2, -0.15) is 0 Å². The fourth-order valence-corrected chi connectivity index (χ4v) is 1.87. The van der Waals surface area contributed by atoms with Gasteiger partial charge in [-0.15, -0.1) is 0 Å². The van der Waals surface area contributed by atoms with E-state index in [1.807, 2.05) is 6.92 Å². The molecule has 0 bridgehead atoms. The minimum atomic E-state index is -0.726. The zero-order valence-corrected chi connectivity index (χ0v) is 10.8. The van der Waals surface area contributed by atoms with E-state index in [1.165, 1.54) is 13.0 Å². The fraction of sp³-hybridized carbons (Fsp3) is 0.133. The molecule has 2 aromatic heterocycles. The number of rotatable bonds is 3. The van der Waals surface area contributed by atoms with Crippen LogP contribution in [0.3, 0.4) is 0 Å². The Morgan fingerprint density at radius 3 is 2.74 bits per heavy atom. The number of H-pyrrole nitrogens is 1. The van der Waals surface area contributed by atoms with Gasteiger partial charge in [0.25, 0.3) is 0 Å². The Morgan fingerprint density at radius 1 is 1.37 bits per heavy atom. The Balaban J connectivity index is 2.70. The molecular formula is C15H14F2N2. The molecule has 0 spiro atoms. The molecule has 0 aromatic carbocycles. The minimum Gasteiger partial charge on any atom is -0.360 e. The van der Waals surface area contributed by atoms with E-state index in [9.17, 15) is 8.78 Å². The molecule has 0 radical (unpaired) electrons. The van der Waals surface area contributed by atoms with Crippen LogP contribution in [-0.4, -0.2) is 9.97 Å². The molecule has 0 atom stereocenters. The summed E-state index contributed by atoms with van der Waals surface area (Å²) in [6.07, 6.45) is 3.99. The van der Waals surface area contributed by atoms with Crippen LogP contribution in [0.25, 0.3) is 16.6 Å². The van der Waals surface area contributed by atoms with Crippen LogP contribution in [0.2, 0.25) is 0 Å². The van der Waals surface area contributed by atoms with Crippen LogP contribution in [0, 0.1) is 6.92 Å². The summed E-state index contributed by atoms with van der Waals surface area (Å²) < 4.78 is 27.6. The van der Waals surface area contributed by atoms with Crippen LogP contribution < -0.4 is 0 Å². The maximum atomic E-state index is 13.8. The van der Waals surface area contributed by atoms with E-state index in [1.54, 1.807) is 18.3 Å². The highest BCUT2D eigenvalue weighted by molar-refractivity contribution is 5.84. The summed E-state index contributed by atoms with van der Waals surface area (Å²) in [5.41, 5.74) is 2.55. The molecule has 0 aliphatic rings. The van der Waals surface area contributed by atoms with Crippen molar-refractivity contribution in [3.8, 4) is 0 Å². The number of aromatic nitrogens is 2. The normalized spacial score (nSPS) is 13.6. The fourth-order valence-electron chi connectivity index (χ4n) is 1.87. The van der Waals surface area contributed by atoms with Gasteiger partial charge in [-0.05, 0) is 37.6 Å². The number of nitrogens with one attached hydrogen (secondary N) is 1. The van der Waals surface area contributed by atoms with Gasteiger partial charge in [-0.3, -0.25) is 0 Å². The number of aromatic amines is 1. The minimum absolute atomic E-state index is 0.167. The van der Waals surface area contributed by atoms with Gasteiger partial charge < -0.3 is 4.98 Å². The standard InChI is InChI=1S/C15H14F2N2/c1-4-10(16)14(11(17)5-2)12-6-7-13-15(19-12)9(3)8-18-13/h4-8,18H,1H2,2-3H3/b11-5+,14-10-. The van der Waals surface area contributed by atoms with Crippen molar-refractivity contribution in [3.63, 3.8) is 0 Å². The van der Waals surface area contributed by atoms with Gasteiger partial charge in [0.15, 0.2) is 0 Å². The maximum absolute atomic E-state index is 13.8. The molecule has 2 nitrogen and oxygen atoms in total. The van der Waals surface area contributed by atoms with Crippen LogP contribution in [0.4, 0.5) is 8.78 Å². The second-order valence-corrected chi connectivity index (χ2v) is 4.13. The molecular weight excluding hydrogens is 246 g/mol. The molecule has 0 aliphatic carbocycles. The number of fused-ring (bicyclic) bond motifs is 1. The van der Waals surface area contributed by atoms with Crippen LogP contribution in [0.15, 0.2) is 48.7 Å². The lowest BCUT2D eigenvalue weighted by Gasteiger charge is -2.06. The number of halogens is 2. The lowest BCUT2D eigenvalue weighted by Crippen LogP contribution is -1.93. The molecule has 2 rings (SSSR count). The van der Waals surface area contributed by atoms with E-state index in [0.29, 0.717) is 5.52 Å². The van der Waals surface area contributed by atoms with Crippen LogP contribution in [-0.2, 0) is 0 Å². The highest BCUT2D eigenvalue weighted by Gasteiger charge is 2.15. The molecule has 0 aliphatic heterocycles. The summed E-state index contributed by atoms with van der Waals surface area (Å²) in [4.78, 5) is 7.35. The van der Waals surface area contributed by atoms with Crippen molar-refractivity contribution in [3.05, 3.63) is 60.0 Å². The second kappa shape index (κ2) is 5.18. The first-order valence-electron chi connectivity index (χ1n) is 5.88. The molecule has 0 fully saturated rings. The zero-order valence-electron chi connectivity index (χ0n) is 10.8. The van der Waals surface area contributed by atoms with Crippen molar-refractivity contribution < 1.29 is 8.78 Å². The van der Waals surface area contributed by atoms with E-state index < -0.39 is 11.7 Å². The quantitative estimate of drug-likeness (QED) is 0.802. The van der Waals surface area contributed by atoms with Gasteiger partial charge in [-0.25, -0.2) is 13.8 Å². The van der Waals surface area contributed by atoms with Crippen molar-refractivity contribution in [2.75, 3.05) is 0 Å². The van der Waals surface area contributed by atoms with Crippen molar-refractivity contribution >= 4 is 16.6 Å². The average molecular weight is 260 g/mol. The van der Waals surface area contributed by atoms with E-state index in [0.717, 1.165) is 17.2 Å². The third-order valence-electron chi connectivity index (χ3n) is 2.88. The van der Waals surface area contributed by atoms with Crippen molar-refractivity contribution in [2.45, 2.75) is 13.8 Å². The van der Waals surface area contributed by atoms with E-state index in [2.05, 4.69) is 16.5 Å². The summed E-state index contributed by atoms with van der Waals surface area (Å²) >= 11 is 0. The Labute approximate surface area is 110 Å². The average Bonchev–Trinajstić information content (AvgIpc) is 2.80. The molecule has 19 heavy (non-hydrogen) atoms. The lowest BCUT2D eigenvalue weighted by molar-refractivity contribution is 0.639. The smallest absolute Gasteiger partial charge is 0.134 e. The van der Waals surface area contributed by atoms with Gasteiger partial charge in [0, 0.05) is 6.20 Å². The van der Waals surface area contributed by atoms with Gasteiger partial charge in [-0.1, -0.05) is 12.7 Å². The predicted octanol–water partition coefficient (Wildman–Crippen LogP) is 4.61. The number of hydrogen-bond acceptors (Lipinski definition) is 1. The molecule has 2 heterocycles. The molecule has 98 valence electrons. The monoisotopic (exact) mass is 260 g/mol. The Hall–Kier alpha value is -2.23. The molecule has 0 unspecified atom stereocenters. The van der Waals surface area contributed by atoms with E-state index in [-0.39, 0.29) is 11.3 Å². The third-order valence-corrected chi connectivity index (χ3v) is 2.88. The van der Waals surface area contributed by atoms with Crippen molar-refractivity contribution in [1.82, 2.24) is 9.97 Å². The summed E-state index contributed by atoms with van der Waals surface area (Å²) in [5.74, 6) is -1.38. The largest absolute Gasteiger partial charge is 0.360 e. The Kier molecular flexibility index (Phi) is 3.60. The third kappa shape index (κ3) is 2.34. The number of aryl methyl sites for hydroxylation is 1. The summed E-state index contributed by atoms with van der Waals surface area (Å²) in [6, 6.07) is 3.34. The molecule has 4 heteroatoms.